The Balaban J connectivity index is 1.65. The summed E-state index contributed by atoms with van der Waals surface area (Å²) in [4.78, 5) is 0. The molecule has 3 rings (SSSR count). The maximum absolute atomic E-state index is 12.9. The number of hydrogen-bond donors (Lipinski definition) is 1. The van der Waals surface area contributed by atoms with Crippen LogP contribution in [0, 0.1) is 5.82 Å². The highest BCUT2D eigenvalue weighted by atomic mass is 19.1. The molecule has 1 fully saturated rings. The van der Waals surface area contributed by atoms with Crippen LogP contribution in [0.4, 0.5) is 4.39 Å². The van der Waals surface area contributed by atoms with Crippen LogP contribution in [0.2, 0.25) is 0 Å². The summed E-state index contributed by atoms with van der Waals surface area (Å²) in [6.07, 6.45) is 4.92. The molecule has 1 aromatic carbocycles. The van der Waals surface area contributed by atoms with Crippen molar-refractivity contribution >= 4 is 0 Å². The van der Waals surface area contributed by atoms with Gasteiger partial charge in [0.1, 0.15) is 18.0 Å². The van der Waals surface area contributed by atoms with Crippen molar-refractivity contribution in [2.24, 2.45) is 0 Å². The van der Waals surface area contributed by atoms with Crippen LogP contribution < -0.4 is 5.32 Å². The lowest BCUT2D eigenvalue weighted by Crippen LogP contribution is -2.28. The maximum Gasteiger partial charge on any atom is 0.136 e. The molecule has 0 bridgehead atoms. The molecular formula is C15H19FN4. The van der Waals surface area contributed by atoms with Crippen molar-refractivity contribution in [3.05, 3.63) is 47.8 Å². The van der Waals surface area contributed by atoms with E-state index in [4.69, 9.17) is 0 Å². The first-order chi connectivity index (χ1) is 9.83. The Hall–Kier alpha value is -1.75. The number of hydrogen-bond acceptors (Lipinski definition) is 3. The normalized spacial score (nSPS) is 16.4. The van der Waals surface area contributed by atoms with E-state index >= 15 is 0 Å². The number of nitrogens with zero attached hydrogens (tertiary/aromatic N) is 3. The van der Waals surface area contributed by atoms with Gasteiger partial charge in [-0.1, -0.05) is 12.1 Å². The average molecular weight is 274 g/mol. The van der Waals surface area contributed by atoms with Gasteiger partial charge in [0.05, 0.1) is 0 Å². The first kappa shape index (κ1) is 13.2. The van der Waals surface area contributed by atoms with E-state index in [-0.39, 0.29) is 5.82 Å². The Labute approximate surface area is 118 Å². The lowest BCUT2D eigenvalue weighted by atomic mass is 9.97. The second-order valence-electron chi connectivity index (χ2n) is 5.28. The number of rotatable bonds is 4. The van der Waals surface area contributed by atoms with Crippen LogP contribution in [-0.4, -0.2) is 27.9 Å². The van der Waals surface area contributed by atoms with Gasteiger partial charge in [-0.25, -0.2) is 4.39 Å². The zero-order valence-corrected chi connectivity index (χ0v) is 11.4. The van der Waals surface area contributed by atoms with E-state index in [1.165, 1.54) is 12.1 Å². The molecule has 0 spiro atoms. The Bertz CT molecular complexity index is 543. The highest BCUT2D eigenvalue weighted by Gasteiger charge is 2.20. The molecular weight excluding hydrogens is 255 g/mol. The molecule has 0 atom stereocenters. The van der Waals surface area contributed by atoms with Gasteiger partial charge in [-0.3, -0.25) is 0 Å². The topological polar surface area (TPSA) is 42.7 Å². The highest BCUT2D eigenvalue weighted by Crippen LogP contribution is 2.23. The summed E-state index contributed by atoms with van der Waals surface area (Å²) in [6.45, 7) is 2.95. The third kappa shape index (κ3) is 3.04. The lowest BCUT2D eigenvalue weighted by molar-refractivity contribution is 0.429. The fraction of sp³-hybridized carbons (Fsp3) is 0.467. The maximum atomic E-state index is 12.9. The van der Waals surface area contributed by atoms with Crippen LogP contribution in [0.15, 0.2) is 30.6 Å². The molecule has 1 aliphatic rings. The van der Waals surface area contributed by atoms with Gasteiger partial charge in [-0.2, -0.15) is 0 Å². The number of piperidine rings is 1. The van der Waals surface area contributed by atoms with Gasteiger partial charge < -0.3 is 9.88 Å². The zero-order chi connectivity index (χ0) is 13.8. The van der Waals surface area contributed by atoms with Crippen molar-refractivity contribution in [2.75, 3.05) is 13.1 Å². The van der Waals surface area contributed by atoms with Crippen molar-refractivity contribution in [3.8, 4) is 0 Å². The summed E-state index contributed by atoms with van der Waals surface area (Å²) >= 11 is 0. The minimum absolute atomic E-state index is 0.187. The number of aromatic nitrogens is 3. The average Bonchev–Trinajstić information content (AvgIpc) is 2.96. The van der Waals surface area contributed by atoms with E-state index in [2.05, 4.69) is 20.1 Å². The molecule has 1 aliphatic heterocycles. The molecule has 2 heterocycles. The van der Waals surface area contributed by atoms with Gasteiger partial charge in [0, 0.05) is 12.5 Å². The van der Waals surface area contributed by atoms with Crippen LogP contribution in [0.5, 0.6) is 0 Å². The van der Waals surface area contributed by atoms with Gasteiger partial charge in [-0.05, 0) is 50.0 Å². The zero-order valence-electron chi connectivity index (χ0n) is 11.4. The van der Waals surface area contributed by atoms with Crippen molar-refractivity contribution in [2.45, 2.75) is 31.7 Å². The van der Waals surface area contributed by atoms with E-state index in [9.17, 15) is 4.39 Å². The highest BCUT2D eigenvalue weighted by molar-refractivity contribution is 5.16. The molecule has 106 valence electrons. The minimum Gasteiger partial charge on any atom is -0.317 e. The summed E-state index contributed by atoms with van der Waals surface area (Å²) in [5.74, 6) is 1.41. The smallest absolute Gasteiger partial charge is 0.136 e. The van der Waals surface area contributed by atoms with Gasteiger partial charge in [0.2, 0.25) is 0 Å². The minimum atomic E-state index is -0.187. The molecule has 1 saturated heterocycles. The molecule has 2 aromatic rings. The third-order valence-corrected chi connectivity index (χ3v) is 3.90. The molecule has 0 amide bonds. The number of nitrogens with one attached hydrogen (secondary N) is 1. The van der Waals surface area contributed by atoms with E-state index in [0.717, 1.165) is 50.3 Å². The number of aryl methyl sites for hydroxylation is 2. The molecule has 20 heavy (non-hydrogen) atoms. The van der Waals surface area contributed by atoms with Gasteiger partial charge >= 0.3 is 0 Å². The lowest BCUT2D eigenvalue weighted by Gasteiger charge is -2.22. The van der Waals surface area contributed by atoms with E-state index in [1.807, 2.05) is 12.1 Å². The number of benzene rings is 1. The SMILES string of the molecule is Fc1ccc(CCn2cnnc2C2CCNCC2)cc1. The van der Waals surface area contributed by atoms with E-state index in [0.29, 0.717) is 5.92 Å². The Morgan fingerprint density at radius 3 is 2.70 bits per heavy atom. The van der Waals surface area contributed by atoms with Gasteiger partial charge in [0.25, 0.3) is 0 Å². The summed E-state index contributed by atoms with van der Waals surface area (Å²) in [5.41, 5.74) is 1.14. The monoisotopic (exact) mass is 274 g/mol. The predicted molar refractivity (Wildman–Crippen MR) is 75.0 cm³/mol. The molecule has 0 unspecified atom stereocenters. The van der Waals surface area contributed by atoms with Crippen LogP contribution in [0.3, 0.4) is 0 Å². The van der Waals surface area contributed by atoms with Gasteiger partial charge in [0.15, 0.2) is 0 Å². The molecule has 0 aliphatic carbocycles. The summed E-state index contributed by atoms with van der Waals surface area (Å²) in [7, 11) is 0. The van der Waals surface area contributed by atoms with Crippen molar-refractivity contribution in [1.29, 1.82) is 0 Å². The summed E-state index contributed by atoms with van der Waals surface area (Å²) in [5, 5.41) is 11.7. The molecule has 4 nitrogen and oxygen atoms in total. The predicted octanol–water partition coefficient (Wildman–Crippen LogP) is 2.13. The summed E-state index contributed by atoms with van der Waals surface area (Å²) in [6, 6.07) is 6.69. The Kier molecular flexibility index (Phi) is 4.06. The van der Waals surface area contributed by atoms with Crippen molar-refractivity contribution in [3.63, 3.8) is 0 Å². The summed E-state index contributed by atoms with van der Waals surface area (Å²) < 4.78 is 15.0. The first-order valence-electron chi connectivity index (χ1n) is 7.16. The molecule has 5 heteroatoms. The molecule has 0 radical (unpaired) electrons. The Morgan fingerprint density at radius 1 is 1.20 bits per heavy atom. The van der Waals surface area contributed by atoms with Gasteiger partial charge in [-0.15, -0.1) is 10.2 Å². The molecule has 0 saturated carbocycles. The molecule has 1 aromatic heterocycles. The Morgan fingerprint density at radius 2 is 1.95 bits per heavy atom. The molecule has 1 N–H and O–H groups in total. The van der Waals surface area contributed by atoms with Crippen LogP contribution >= 0.6 is 0 Å². The van der Waals surface area contributed by atoms with Crippen LogP contribution in [-0.2, 0) is 13.0 Å². The fourth-order valence-corrected chi connectivity index (χ4v) is 2.73. The third-order valence-electron chi connectivity index (χ3n) is 3.90. The van der Waals surface area contributed by atoms with Crippen molar-refractivity contribution < 1.29 is 4.39 Å². The number of halogens is 1. The second kappa shape index (κ2) is 6.13. The van der Waals surface area contributed by atoms with E-state index in [1.54, 1.807) is 6.33 Å². The van der Waals surface area contributed by atoms with E-state index < -0.39 is 0 Å². The quantitative estimate of drug-likeness (QED) is 0.928. The first-order valence-corrected chi connectivity index (χ1v) is 7.16. The van der Waals surface area contributed by atoms with Crippen LogP contribution in [0.25, 0.3) is 0 Å². The largest absolute Gasteiger partial charge is 0.317 e. The fourth-order valence-electron chi connectivity index (χ4n) is 2.73. The second-order valence-corrected chi connectivity index (χ2v) is 5.28. The van der Waals surface area contributed by atoms with Crippen molar-refractivity contribution in [1.82, 2.24) is 20.1 Å². The van der Waals surface area contributed by atoms with Crippen LogP contribution in [0.1, 0.15) is 30.1 Å². The standard InChI is InChI=1S/C15H19FN4/c16-14-3-1-12(2-4-14)7-10-20-11-18-19-15(20)13-5-8-17-9-6-13/h1-4,11,13,17H,5-10H2.